The predicted molar refractivity (Wildman–Crippen MR) is 122 cm³/mol. The van der Waals surface area contributed by atoms with Crippen LogP contribution in [0.3, 0.4) is 0 Å². The van der Waals surface area contributed by atoms with E-state index in [0.29, 0.717) is 21.3 Å². The van der Waals surface area contributed by atoms with Crippen LogP contribution in [0.5, 0.6) is 11.5 Å². The van der Waals surface area contributed by atoms with Crippen LogP contribution in [0.25, 0.3) is 6.08 Å². The van der Waals surface area contributed by atoms with Crippen LogP contribution in [0.2, 0.25) is 0 Å². The first-order valence-corrected chi connectivity index (χ1v) is 11.4. The van der Waals surface area contributed by atoms with Gasteiger partial charge in [-0.3, -0.25) is 9.69 Å². The number of hydrogen-bond acceptors (Lipinski definition) is 7. The zero-order chi connectivity index (χ0) is 21.9. The first kappa shape index (κ1) is 22.1. The molecule has 0 aliphatic carbocycles. The van der Waals surface area contributed by atoms with Gasteiger partial charge >= 0.3 is 10.1 Å². The van der Waals surface area contributed by atoms with E-state index in [9.17, 15) is 13.2 Å². The molecular weight excluding hydrogens is 442 g/mol. The molecule has 6 nitrogen and oxygen atoms in total. The van der Waals surface area contributed by atoms with E-state index >= 15 is 0 Å². The quantitative estimate of drug-likeness (QED) is 0.265. The molecule has 0 aromatic heterocycles. The number of nitrogens with zero attached hydrogens (tertiary/aromatic N) is 1. The standard InChI is InChI=1S/C21H19NO5S3/c1-4-12-22-20(23)18(29-21(22)28)13-15-6-5-7-17(26-3)19(15)27-30(24,25)16-10-8-14(2)9-11-16/h4-11,13H,1,12H2,2-3H3. The maximum absolute atomic E-state index is 12.8. The average molecular weight is 462 g/mol. The van der Waals surface area contributed by atoms with Crippen molar-refractivity contribution in [1.82, 2.24) is 4.90 Å². The van der Waals surface area contributed by atoms with Crippen LogP contribution < -0.4 is 8.92 Å². The summed E-state index contributed by atoms with van der Waals surface area (Å²) in [6.07, 6.45) is 3.13. The molecule has 2 aromatic rings. The zero-order valence-corrected chi connectivity index (χ0v) is 18.8. The lowest BCUT2D eigenvalue weighted by atomic mass is 10.1. The number of methoxy groups -OCH3 is 1. The van der Waals surface area contributed by atoms with Crippen molar-refractivity contribution in [3.05, 3.63) is 71.2 Å². The first-order chi connectivity index (χ1) is 14.3. The Hall–Kier alpha value is -2.62. The molecule has 30 heavy (non-hydrogen) atoms. The van der Waals surface area contributed by atoms with E-state index in [0.717, 1.165) is 17.3 Å². The highest BCUT2D eigenvalue weighted by atomic mass is 32.2. The Labute approximate surface area is 185 Å². The fraction of sp³-hybridized carbons (Fsp3) is 0.143. The summed E-state index contributed by atoms with van der Waals surface area (Å²) in [4.78, 5) is 14.4. The fourth-order valence-electron chi connectivity index (χ4n) is 2.69. The van der Waals surface area contributed by atoms with Crippen molar-refractivity contribution in [1.29, 1.82) is 0 Å². The maximum atomic E-state index is 12.8. The number of amides is 1. The molecule has 2 aromatic carbocycles. The van der Waals surface area contributed by atoms with E-state index in [4.69, 9.17) is 21.1 Å². The van der Waals surface area contributed by atoms with E-state index in [1.807, 2.05) is 6.92 Å². The number of carbonyl (C=O) groups excluding carboxylic acids is 1. The van der Waals surface area contributed by atoms with Gasteiger partial charge in [-0.1, -0.05) is 59.9 Å². The lowest BCUT2D eigenvalue weighted by Crippen LogP contribution is -2.27. The molecule has 0 saturated carbocycles. The number of hydrogen-bond donors (Lipinski definition) is 0. The van der Waals surface area contributed by atoms with Gasteiger partial charge in [0.2, 0.25) is 0 Å². The highest BCUT2D eigenvalue weighted by Crippen LogP contribution is 2.38. The molecule has 1 fully saturated rings. The van der Waals surface area contributed by atoms with Gasteiger partial charge in [-0.15, -0.1) is 6.58 Å². The van der Waals surface area contributed by atoms with Gasteiger partial charge < -0.3 is 8.92 Å². The molecule has 0 bridgehead atoms. The molecule has 0 atom stereocenters. The first-order valence-electron chi connectivity index (χ1n) is 8.81. The zero-order valence-electron chi connectivity index (χ0n) is 16.3. The van der Waals surface area contributed by atoms with Crippen LogP contribution in [0.1, 0.15) is 11.1 Å². The van der Waals surface area contributed by atoms with Gasteiger partial charge in [0, 0.05) is 12.1 Å². The number of carbonyl (C=O) groups is 1. The largest absolute Gasteiger partial charge is 0.493 e. The molecule has 0 spiro atoms. The summed E-state index contributed by atoms with van der Waals surface area (Å²) >= 11 is 6.38. The molecule has 9 heteroatoms. The highest BCUT2D eigenvalue weighted by molar-refractivity contribution is 8.26. The SMILES string of the molecule is C=CCN1C(=O)C(=Cc2cccc(OC)c2OS(=O)(=O)c2ccc(C)cc2)SC1=S. The van der Waals surface area contributed by atoms with Crippen molar-refractivity contribution in [3.63, 3.8) is 0 Å². The van der Waals surface area contributed by atoms with Crippen molar-refractivity contribution in [3.8, 4) is 11.5 Å². The van der Waals surface area contributed by atoms with Crippen LogP contribution in [0.15, 0.2) is 64.9 Å². The Morgan fingerprint density at radius 1 is 1.20 bits per heavy atom. The second-order valence-electron chi connectivity index (χ2n) is 6.31. The van der Waals surface area contributed by atoms with Crippen molar-refractivity contribution < 1.29 is 22.1 Å². The molecule has 156 valence electrons. The molecule has 1 aliphatic rings. The van der Waals surface area contributed by atoms with Crippen molar-refractivity contribution in [2.24, 2.45) is 0 Å². The smallest absolute Gasteiger partial charge is 0.339 e. The Bertz CT molecular complexity index is 1140. The van der Waals surface area contributed by atoms with Gasteiger partial charge in [0.15, 0.2) is 11.5 Å². The molecule has 1 saturated heterocycles. The van der Waals surface area contributed by atoms with E-state index in [1.54, 1.807) is 42.5 Å². The van der Waals surface area contributed by atoms with Crippen LogP contribution >= 0.6 is 24.0 Å². The number of benzene rings is 2. The van der Waals surface area contributed by atoms with E-state index < -0.39 is 10.1 Å². The topological polar surface area (TPSA) is 72.9 Å². The fourth-order valence-corrected chi connectivity index (χ4v) is 4.92. The van der Waals surface area contributed by atoms with Gasteiger partial charge in [-0.25, -0.2) is 0 Å². The minimum Gasteiger partial charge on any atom is -0.493 e. The Balaban J connectivity index is 2.02. The third-order valence-corrected chi connectivity index (χ3v) is 6.82. The second-order valence-corrected chi connectivity index (χ2v) is 9.53. The minimum absolute atomic E-state index is 0.00503. The van der Waals surface area contributed by atoms with Crippen molar-refractivity contribution in [2.75, 3.05) is 13.7 Å². The number of aryl methyl sites for hydroxylation is 1. The van der Waals surface area contributed by atoms with E-state index in [1.165, 1.54) is 24.1 Å². The summed E-state index contributed by atoms with van der Waals surface area (Å²) in [5.74, 6) is -0.0596. The van der Waals surface area contributed by atoms with E-state index in [-0.39, 0.29) is 22.3 Å². The molecule has 1 amide bonds. The van der Waals surface area contributed by atoms with Crippen LogP contribution in [-0.4, -0.2) is 37.2 Å². The number of rotatable bonds is 7. The molecule has 1 aliphatic heterocycles. The van der Waals surface area contributed by atoms with Gasteiger partial charge in [0.1, 0.15) is 9.22 Å². The summed E-state index contributed by atoms with van der Waals surface area (Å²) in [5.41, 5.74) is 1.30. The number of para-hydroxylation sites is 1. The summed E-state index contributed by atoms with van der Waals surface area (Å²) in [6.45, 7) is 5.78. The van der Waals surface area contributed by atoms with Crippen molar-refractivity contribution in [2.45, 2.75) is 11.8 Å². The van der Waals surface area contributed by atoms with Crippen molar-refractivity contribution >= 4 is 50.4 Å². The number of thiocarbonyl (C=S) groups is 1. The molecular formula is C21H19NO5S3. The summed E-state index contributed by atoms with van der Waals surface area (Å²) < 4.78 is 36.8. The highest BCUT2D eigenvalue weighted by Gasteiger charge is 2.31. The van der Waals surface area contributed by atoms with Crippen LogP contribution in [-0.2, 0) is 14.9 Å². The molecule has 0 N–H and O–H groups in total. The lowest BCUT2D eigenvalue weighted by Gasteiger charge is -2.14. The van der Waals surface area contributed by atoms with Gasteiger partial charge in [0.05, 0.1) is 12.0 Å². The maximum Gasteiger partial charge on any atom is 0.339 e. The molecule has 1 heterocycles. The summed E-state index contributed by atoms with van der Waals surface area (Å²) in [6, 6.07) is 11.2. The van der Waals surface area contributed by atoms with Crippen LogP contribution in [0.4, 0.5) is 0 Å². The normalized spacial score (nSPS) is 15.5. The van der Waals surface area contributed by atoms with Gasteiger partial charge in [0.25, 0.3) is 5.91 Å². The Morgan fingerprint density at radius 3 is 2.53 bits per heavy atom. The molecule has 0 unspecified atom stereocenters. The van der Waals surface area contributed by atoms with E-state index in [2.05, 4.69) is 6.58 Å². The van der Waals surface area contributed by atoms with Gasteiger partial charge in [-0.05, 0) is 31.2 Å². The average Bonchev–Trinajstić information content (AvgIpc) is 2.97. The van der Waals surface area contributed by atoms with Crippen LogP contribution in [0, 0.1) is 6.92 Å². The Morgan fingerprint density at radius 2 is 1.90 bits per heavy atom. The Kier molecular flexibility index (Phi) is 6.64. The number of thioether (sulfide) groups is 1. The predicted octanol–water partition coefficient (Wildman–Crippen LogP) is 4.16. The third kappa shape index (κ3) is 4.58. The summed E-state index contributed by atoms with van der Waals surface area (Å²) in [7, 11) is -2.70. The van der Waals surface area contributed by atoms with Gasteiger partial charge in [-0.2, -0.15) is 8.42 Å². The second kappa shape index (κ2) is 9.03. The third-order valence-electron chi connectivity index (χ3n) is 4.20. The minimum atomic E-state index is -4.11. The molecule has 0 radical (unpaired) electrons. The monoisotopic (exact) mass is 461 g/mol. The lowest BCUT2D eigenvalue weighted by molar-refractivity contribution is -0.121. The number of ether oxygens (including phenoxy) is 1. The molecule has 3 rings (SSSR count). The summed E-state index contributed by atoms with van der Waals surface area (Å²) in [5, 5.41) is 0.